The summed E-state index contributed by atoms with van der Waals surface area (Å²) in [5.74, 6) is -0.426. The maximum Gasteiger partial charge on any atom is 0.192 e. The minimum absolute atomic E-state index is 0.278. The lowest BCUT2D eigenvalue weighted by molar-refractivity contribution is -0.128. The molecule has 90 valence electrons. The van der Waals surface area contributed by atoms with E-state index in [1.54, 1.807) is 0 Å². The fraction of sp³-hybridized carbons (Fsp3) is 0.385. The Morgan fingerprint density at radius 3 is 1.81 bits per heavy atom. The molecule has 0 atom stereocenters. The fourth-order valence-electron chi connectivity index (χ4n) is 0.720. The molecule has 0 saturated carbocycles. The van der Waals surface area contributed by atoms with Crippen molar-refractivity contribution < 1.29 is 9.59 Å². The van der Waals surface area contributed by atoms with Crippen molar-refractivity contribution in [2.45, 2.75) is 27.7 Å². The lowest BCUT2D eigenvalue weighted by Crippen LogP contribution is -1.85. The summed E-state index contributed by atoms with van der Waals surface area (Å²) in [5.41, 5.74) is 2.47. The van der Waals surface area contributed by atoms with Crippen LogP contribution >= 0.6 is 0 Å². The molecule has 16 heavy (non-hydrogen) atoms. The first kappa shape index (κ1) is 16.8. The number of aryl methyl sites for hydroxylation is 1. The monoisotopic (exact) mass is 223 g/mol. The van der Waals surface area contributed by atoms with Gasteiger partial charge in [-0.15, -0.1) is 0 Å². The van der Waals surface area contributed by atoms with Gasteiger partial charge in [0.25, 0.3) is 0 Å². The second kappa shape index (κ2) is 11.4. The molecule has 1 aromatic rings. The molecule has 0 amide bonds. The van der Waals surface area contributed by atoms with E-state index in [4.69, 9.17) is 4.79 Å². The number of rotatable bonds is 2. The quantitative estimate of drug-likeness (QED) is 0.619. The number of carbonyl (C=O) groups is 2. The Balaban J connectivity index is 0. The van der Waals surface area contributed by atoms with Gasteiger partial charge in [-0.05, 0) is 19.1 Å². The number of Topliss-reactive ketones (excluding diaryl/α,β-unsaturated/α-hetero) is 1. The minimum Gasteiger partial charge on any atom is -0.388 e. The molecule has 0 spiro atoms. The first-order valence-corrected chi connectivity index (χ1v) is 5.30. The molecule has 1 N–H and O–H groups in total. The number of hydrogen-bond donors (Lipinski definition) is 1. The number of anilines is 1. The third kappa shape index (κ3) is 10.4. The molecular formula is C13H21NO2. The van der Waals surface area contributed by atoms with E-state index in [1.165, 1.54) is 18.2 Å². The molecule has 0 aliphatic carbocycles. The Morgan fingerprint density at radius 2 is 1.56 bits per heavy atom. The highest BCUT2D eigenvalue weighted by Gasteiger charge is 1.83. The van der Waals surface area contributed by atoms with Crippen molar-refractivity contribution in [2.75, 3.05) is 12.4 Å². The summed E-state index contributed by atoms with van der Waals surface area (Å²) in [7, 11) is 1.92. The molecule has 1 rings (SSSR count). The van der Waals surface area contributed by atoms with Crippen LogP contribution in [0.1, 0.15) is 26.3 Å². The highest BCUT2D eigenvalue weighted by molar-refractivity contribution is 6.23. The van der Waals surface area contributed by atoms with Gasteiger partial charge in [-0.3, -0.25) is 9.59 Å². The van der Waals surface area contributed by atoms with Gasteiger partial charge in [-0.25, -0.2) is 0 Å². The molecule has 0 fully saturated rings. The standard InChI is InChI=1S/C8H11N.C3H4O2.C2H6/c1-7-3-5-8(9-2)6-4-7;1-3(5)2-4;1-2/h3-6,9H,1-2H3;2H,1H3;1-2H3. The van der Waals surface area contributed by atoms with Crippen molar-refractivity contribution in [3.8, 4) is 0 Å². The van der Waals surface area contributed by atoms with Gasteiger partial charge >= 0.3 is 0 Å². The Morgan fingerprint density at radius 1 is 1.19 bits per heavy atom. The van der Waals surface area contributed by atoms with Crippen LogP contribution in [0.15, 0.2) is 24.3 Å². The van der Waals surface area contributed by atoms with Crippen LogP contribution in [0.5, 0.6) is 0 Å². The molecule has 1 aromatic carbocycles. The van der Waals surface area contributed by atoms with E-state index in [2.05, 4.69) is 36.5 Å². The molecule has 0 aliphatic heterocycles. The van der Waals surface area contributed by atoms with Crippen LogP contribution in [0, 0.1) is 6.92 Å². The molecule has 0 aromatic heterocycles. The van der Waals surface area contributed by atoms with Crippen LogP contribution in [0.4, 0.5) is 5.69 Å². The molecule has 0 unspecified atom stereocenters. The van der Waals surface area contributed by atoms with Gasteiger partial charge in [0, 0.05) is 19.7 Å². The van der Waals surface area contributed by atoms with Crippen molar-refractivity contribution in [3.05, 3.63) is 29.8 Å². The second-order valence-corrected chi connectivity index (χ2v) is 2.84. The minimum atomic E-state index is -0.426. The van der Waals surface area contributed by atoms with Gasteiger partial charge < -0.3 is 5.32 Å². The molecule has 0 saturated heterocycles. The predicted molar refractivity (Wildman–Crippen MR) is 68.8 cm³/mol. The molecule has 3 heteroatoms. The zero-order valence-electron chi connectivity index (χ0n) is 10.7. The molecular weight excluding hydrogens is 202 g/mol. The zero-order valence-corrected chi connectivity index (χ0v) is 10.7. The smallest absolute Gasteiger partial charge is 0.192 e. The molecule has 0 radical (unpaired) electrons. The van der Waals surface area contributed by atoms with Crippen molar-refractivity contribution in [1.82, 2.24) is 0 Å². The highest BCUT2D eigenvalue weighted by Crippen LogP contribution is 2.06. The predicted octanol–water partition coefficient (Wildman–Crippen LogP) is 2.84. The van der Waals surface area contributed by atoms with Gasteiger partial charge in [0.05, 0.1) is 0 Å². The van der Waals surface area contributed by atoms with Gasteiger partial charge in [0.2, 0.25) is 0 Å². The number of benzene rings is 1. The average molecular weight is 223 g/mol. The lowest BCUT2D eigenvalue weighted by Gasteiger charge is -1.97. The maximum absolute atomic E-state index is 9.44. The molecule has 0 heterocycles. The van der Waals surface area contributed by atoms with E-state index < -0.39 is 5.78 Å². The summed E-state index contributed by atoms with van der Waals surface area (Å²) in [5, 5.41) is 3.05. The van der Waals surface area contributed by atoms with Gasteiger partial charge in [-0.1, -0.05) is 31.5 Å². The van der Waals surface area contributed by atoms with Crippen molar-refractivity contribution in [3.63, 3.8) is 0 Å². The normalized spacial score (nSPS) is 7.56. The zero-order chi connectivity index (χ0) is 13.0. The van der Waals surface area contributed by atoms with Gasteiger partial charge in [0.1, 0.15) is 0 Å². The lowest BCUT2D eigenvalue weighted by atomic mass is 10.2. The summed E-state index contributed by atoms with van der Waals surface area (Å²) < 4.78 is 0. The summed E-state index contributed by atoms with van der Waals surface area (Å²) in [6, 6.07) is 8.31. The van der Waals surface area contributed by atoms with Crippen molar-refractivity contribution in [2.24, 2.45) is 0 Å². The van der Waals surface area contributed by atoms with E-state index in [0.717, 1.165) is 0 Å². The van der Waals surface area contributed by atoms with Crippen LogP contribution in [0.25, 0.3) is 0 Å². The number of aldehydes is 1. The summed E-state index contributed by atoms with van der Waals surface area (Å²) in [6.45, 7) is 7.30. The van der Waals surface area contributed by atoms with E-state index in [-0.39, 0.29) is 6.29 Å². The van der Waals surface area contributed by atoms with Crippen LogP contribution in [0.2, 0.25) is 0 Å². The third-order valence-electron chi connectivity index (χ3n) is 1.51. The van der Waals surface area contributed by atoms with Crippen LogP contribution in [-0.2, 0) is 9.59 Å². The van der Waals surface area contributed by atoms with Gasteiger partial charge in [0.15, 0.2) is 12.1 Å². The summed E-state index contributed by atoms with van der Waals surface area (Å²) in [6.07, 6.45) is 0.278. The summed E-state index contributed by atoms with van der Waals surface area (Å²) in [4.78, 5) is 18.6. The van der Waals surface area contributed by atoms with Crippen LogP contribution in [0.3, 0.4) is 0 Å². The first-order valence-electron chi connectivity index (χ1n) is 5.30. The van der Waals surface area contributed by atoms with Crippen molar-refractivity contribution >= 4 is 17.8 Å². The van der Waals surface area contributed by atoms with Crippen LogP contribution < -0.4 is 5.32 Å². The molecule has 0 aliphatic rings. The average Bonchev–Trinajstić information content (AvgIpc) is 2.33. The number of carbonyl (C=O) groups excluding carboxylic acids is 2. The molecule has 3 nitrogen and oxygen atoms in total. The Bertz CT molecular complexity index is 291. The third-order valence-corrected chi connectivity index (χ3v) is 1.51. The number of ketones is 1. The van der Waals surface area contributed by atoms with Crippen LogP contribution in [-0.4, -0.2) is 19.1 Å². The van der Waals surface area contributed by atoms with Gasteiger partial charge in [-0.2, -0.15) is 0 Å². The molecule has 0 bridgehead atoms. The Kier molecular flexibility index (Phi) is 12.0. The maximum atomic E-state index is 9.44. The largest absolute Gasteiger partial charge is 0.388 e. The van der Waals surface area contributed by atoms with Crippen molar-refractivity contribution in [1.29, 1.82) is 0 Å². The first-order chi connectivity index (χ1) is 7.60. The second-order valence-electron chi connectivity index (χ2n) is 2.84. The Hall–Kier alpha value is -1.64. The van der Waals surface area contributed by atoms with E-state index in [9.17, 15) is 4.79 Å². The number of hydrogen-bond acceptors (Lipinski definition) is 3. The SMILES string of the molecule is CC.CC(=O)C=O.CNc1ccc(C)cc1. The summed E-state index contributed by atoms with van der Waals surface area (Å²) >= 11 is 0. The fourth-order valence-corrected chi connectivity index (χ4v) is 0.720. The Labute approximate surface area is 97.9 Å². The number of nitrogens with one attached hydrogen (secondary N) is 1. The topological polar surface area (TPSA) is 46.2 Å². The van der Waals surface area contributed by atoms with E-state index in [0.29, 0.717) is 0 Å². The van der Waals surface area contributed by atoms with E-state index in [1.807, 2.05) is 20.9 Å². The van der Waals surface area contributed by atoms with E-state index >= 15 is 0 Å². The highest BCUT2D eigenvalue weighted by atomic mass is 16.2.